The largest absolute Gasteiger partial charge is 0.456 e. The average molecular weight is 861 g/mol. The number of anilines is 3. The second-order valence-corrected chi connectivity index (χ2v) is 18.2. The van der Waals surface area contributed by atoms with Gasteiger partial charge in [-0.2, -0.15) is 0 Å². The molecule has 0 N–H and O–H groups in total. The van der Waals surface area contributed by atoms with Gasteiger partial charge < -0.3 is 13.9 Å². The number of hydrogen-bond donors (Lipinski definition) is 0. The lowest BCUT2D eigenvalue weighted by Crippen LogP contribution is -2.11. The second kappa shape index (κ2) is 16.4. The zero-order chi connectivity index (χ0) is 44.3. The van der Waals surface area contributed by atoms with E-state index in [1.807, 2.05) is 12.1 Å². The van der Waals surface area contributed by atoms with Crippen molar-refractivity contribution in [1.82, 2.24) is 4.57 Å². The van der Waals surface area contributed by atoms with Gasteiger partial charge in [-0.15, -0.1) is 0 Å². The van der Waals surface area contributed by atoms with Crippen LogP contribution in [-0.2, 0) is 0 Å². The number of aromatic nitrogens is 1. The number of fused-ring (bicyclic) bond motifs is 7. The van der Waals surface area contributed by atoms with Crippen LogP contribution < -0.4 is 4.90 Å². The normalized spacial score (nSPS) is 13.3. The van der Waals surface area contributed by atoms with Gasteiger partial charge in [-0.3, -0.25) is 0 Å². The SMILES string of the molecule is c1ccc(-n2c3ccccc3c3c(-c4ccc(N(c5cccc(-c6ccc7oc8ccccc8c7c6)c5)c5ccccc5-c5cccc6cccc(C7CCCCC7)c56)cc4)cccc32)cc1. The number of nitrogens with zero attached hydrogens (tertiary/aromatic N) is 2. The van der Waals surface area contributed by atoms with Gasteiger partial charge >= 0.3 is 0 Å². The van der Waals surface area contributed by atoms with Gasteiger partial charge in [0.25, 0.3) is 0 Å². The van der Waals surface area contributed by atoms with Crippen LogP contribution >= 0.6 is 0 Å². The summed E-state index contributed by atoms with van der Waals surface area (Å²) in [5.41, 5.74) is 17.4. The molecule has 0 unspecified atom stereocenters. The number of benzene rings is 10. The van der Waals surface area contributed by atoms with E-state index in [2.05, 4.69) is 222 Å². The van der Waals surface area contributed by atoms with E-state index in [0.29, 0.717) is 5.92 Å². The maximum absolute atomic E-state index is 6.25. The van der Waals surface area contributed by atoms with Crippen molar-refractivity contribution in [1.29, 1.82) is 0 Å². The molecule has 2 heterocycles. The molecule has 1 aliphatic rings. The molecule has 0 saturated heterocycles. The highest BCUT2D eigenvalue weighted by Crippen LogP contribution is 2.47. The monoisotopic (exact) mass is 860 g/mol. The van der Waals surface area contributed by atoms with Gasteiger partial charge in [0.2, 0.25) is 0 Å². The summed E-state index contributed by atoms with van der Waals surface area (Å²) in [5, 5.41) is 7.46. The van der Waals surface area contributed by atoms with Gasteiger partial charge in [0.1, 0.15) is 11.2 Å². The summed E-state index contributed by atoms with van der Waals surface area (Å²) in [6.45, 7) is 0. The Morgan fingerprint density at radius 1 is 0.403 bits per heavy atom. The van der Waals surface area contributed by atoms with Crippen molar-refractivity contribution in [3.05, 3.63) is 230 Å². The average Bonchev–Trinajstić information content (AvgIpc) is 3.95. The van der Waals surface area contributed by atoms with Crippen LogP contribution in [0.25, 0.3) is 93.6 Å². The van der Waals surface area contributed by atoms with E-state index in [1.54, 1.807) is 0 Å². The molecule has 1 saturated carbocycles. The van der Waals surface area contributed by atoms with Crippen molar-refractivity contribution in [2.45, 2.75) is 38.0 Å². The lowest BCUT2D eigenvalue weighted by atomic mass is 9.80. The molecular weight excluding hydrogens is 813 g/mol. The first-order chi connectivity index (χ1) is 33.2. The third-order valence-electron chi connectivity index (χ3n) is 14.4. The first-order valence-corrected chi connectivity index (χ1v) is 23.9. The number of rotatable bonds is 8. The van der Waals surface area contributed by atoms with Crippen molar-refractivity contribution in [2.75, 3.05) is 4.90 Å². The van der Waals surface area contributed by atoms with Gasteiger partial charge in [0.15, 0.2) is 0 Å². The minimum atomic E-state index is 0.571. The van der Waals surface area contributed by atoms with E-state index in [9.17, 15) is 0 Å². The molecule has 12 aromatic rings. The summed E-state index contributed by atoms with van der Waals surface area (Å²) in [6, 6.07) is 82.4. The summed E-state index contributed by atoms with van der Waals surface area (Å²) >= 11 is 0. The minimum absolute atomic E-state index is 0.571. The quantitative estimate of drug-likeness (QED) is 0.152. The highest BCUT2D eigenvalue weighted by Gasteiger charge is 2.24. The molecule has 0 bridgehead atoms. The topological polar surface area (TPSA) is 21.3 Å². The van der Waals surface area contributed by atoms with E-state index >= 15 is 0 Å². The van der Waals surface area contributed by atoms with E-state index < -0.39 is 0 Å². The zero-order valence-corrected chi connectivity index (χ0v) is 37.3. The van der Waals surface area contributed by atoms with Crippen LogP contribution in [-0.4, -0.2) is 4.57 Å². The van der Waals surface area contributed by atoms with Gasteiger partial charge in [0, 0.05) is 44.2 Å². The molecular formula is C64H48N2O. The number of hydrogen-bond acceptors (Lipinski definition) is 2. The molecule has 13 rings (SSSR count). The Balaban J connectivity index is 0.990. The van der Waals surface area contributed by atoms with Crippen molar-refractivity contribution in [2.24, 2.45) is 0 Å². The van der Waals surface area contributed by atoms with E-state index in [0.717, 1.165) is 55.8 Å². The van der Waals surface area contributed by atoms with Crippen molar-refractivity contribution >= 4 is 71.6 Å². The Kier molecular flexibility index (Phi) is 9.60. The molecule has 2 aromatic heterocycles. The number of para-hydroxylation sites is 4. The second-order valence-electron chi connectivity index (χ2n) is 18.2. The molecule has 0 aliphatic heterocycles. The predicted molar refractivity (Wildman–Crippen MR) is 282 cm³/mol. The summed E-state index contributed by atoms with van der Waals surface area (Å²) in [7, 11) is 0. The van der Waals surface area contributed by atoms with Crippen LogP contribution in [0.3, 0.4) is 0 Å². The van der Waals surface area contributed by atoms with Gasteiger partial charge in [-0.1, -0.05) is 171 Å². The standard InChI is InChI=1S/C64H48N2O/c1-3-17-43(18-4-1)51-28-14-19-45-20-15-30-55(63(45)51)53-25-7-10-31-58(53)65(50-24-13-21-46(41-50)47-37-40-62-57(42-47)54-26-9-12-34-61(54)67-62)49-38-35-44(36-39-49)52-29-16-33-60-64(52)56-27-8-11-32-59(56)66(60)48-22-5-2-6-23-48/h2,5-16,19-43H,1,3-4,17-18H2. The molecule has 0 amide bonds. The highest BCUT2D eigenvalue weighted by atomic mass is 16.3. The Morgan fingerprint density at radius 3 is 1.94 bits per heavy atom. The Labute approximate surface area is 390 Å². The molecule has 67 heavy (non-hydrogen) atoms. The molecule has 10 aromatic carbocycles. The lowest BCUT2D eigenvalue weighted by molar-refractivity contribution is 0.445. The first-order valence-electron chi connectivity index (χ1n) is 23.9. The smallest absolute Gasteiger partial charge is 0.135 e. The fourth-order valence-corrected chi connectivity index (χ4v) is 11.3. The van der Waals surface area contributed by atoms with E-state index in [1.165, 1.54) is 92.5 Å². The minimum Gasteiger partial charge on any atom is -0.456 e. The molecule has 1 fully saturated rings. The third-order valence-corrected chi connectivity index (χ3v) is 14.4. The highest BCUT2D eigenvalue weighted by molar-refractivity contribution is 6.16. The summed E-state index contributed by atoms with van der Waals surface area (Å²) in [4.78, 5) is 2.47. The van der Waals surface area contributed by atoms with Gasteiger partial charge in [-0.05, 0) is 136 Å². The molecule has 0 radical (unpaired) electrons. The molecule has 0 atom stereocenters. The van der Waals surface area contributed by atoms with Crippen LogP contribution in [0.2, 0.25) is 0 Å². The predicted octanol–water partition coefficient (Wildman–Crippen LogP) is 18.4. The maximum Gasteiger partial charge on any atom is 0.135 e. The van der Waals surface area contributed by atoms with E-state index in [4.69, 9.17) is 4.42 Å². The Bertz CT molecular complexity index is 3790. The van der Waals surface area contributed by atoms with Crippen molar-refractivity contribution in [3.8, 4) is 39.1 Å². The van der Waals surface area contributed by atoms with Crippen LogP contribution in [0.4, 0.5) is 17.1 Å². The summed E-state index contributed by atoms with van der Waals surface area (Å²) < 4.78 is 8.65. The molecule has 3 nitrogen and oxygen atoms in total. The summed E-state index contributed by atoms with van der Waals surface area (Å²) in [5.74, 6) is 0.571. The molecule has 1 aliphatic carbocycles. The third kappa shape index (κ3) is 6.72. The molecule has 0 spiro atoms. The van der Waals surface area contributed by atoms with Gasteiger partial charge in [0.05, 0.1) is 16.7 Å². The van der Waals surface area contributed by atoms with E-state index in [-0.39, 0.29) is 0 Å². The Hall–Kier alpha value is -8.14. The fraction of sp³-hybridized carbons (Fsp3) is 0.0938. The molecule has 3 heteroatoms. The van der Waals surface area contributed by atoms with Gasteiger partial charge in [-0.25, -0.2) is 0 Å². The van der Waals surface area contributed by atoms with Crippen LogP contribution in [0.5, 0.6) is 0 Å². The van der Waals surface area contributed by atoms with Crippen LogP contribution in [0, 0.1) is 0 Å². The maximum atomic E-state index is 6.25. The molecule has 320 valence electrons. The number of furan rings is 1. The summed E-state index contributed by atoms with van der Waals surface area (Å²) in [6.07, 6.45) is 6.44. The Morgan fingerprint density at radius 2 is 1.06 bits per heavy atom. The van der Waals surface area contributed by atoms with Crippen LogP contribution in [0.15, 0.2) is 229 Å². The first kappa shape index (κ1) is 39.2. The van der Waals surface area contributed by atoms with Crippen molar-refractivity contribution < 1.29 is 4.42 Å². The van der Waals surface area contributed by atoms with Crippen molar-refractivity contribution in [3.63, 3.8) is 0 Å². The zero-order valence-electron chi connectivity index (χ0n) is 37.3. The fourth-order valence-electron chi connectivity index (χ4n) is 11.3. The lowest BCUT2D eigenvalue weighted by Gasteiger charge is -2.29. The van der Waals surface area contributed by atoms with Crippen LogP contribution in [0.1, 0.15) is 43.6 Å².